The van der Waals surface area contributed by atoms with E-state index >= 15 is 0 Å². The lowest BCUT2D eigenvalue weighted by atomic mass is 10.1. The summed E-state index contributed by atoms with van der Waals surface area (Å²) in [7, 11) is 0.658. The molecule has 0 aliphatic carbocycles. The molecule has 1 heterocycles. The van der Waals surface area contributed by atoms with Gasteiger partial charge in [0.15, 0.2) is 0 Å². The zero-order valence-electron chi connectivity index (χ0n) is 12.8. The SMILES string of the molecule is CN1CCN(c2ccc(C#C[Si](C)(C)C)c(F)c2)CC1. The maximum Gasteiger partial charge on any atom is 0.140 e. The summed E-state index contributed by atoms with van der Waals surface area (Å²) in [5.74, 6) is 2.80. The molecule has 2 rings (SSSR count). The Morgan fingerprint density at radius 3 is 2.30 bits per heavy atom. The van der Waals surface area contributed by atoms with Gasteiger partial charge in [-0.15, -0.1) is 5.54 Å². The van der Waals surface area contributed by atoms with Crippen LogP contribution in [-0.4, -0.2) is 46.2 Å². The predicted octanol–water partition coefficient (Wildman–Crippen LogP) is 2.81. The Morgan fingerprint density at radius 2 is 1.75 bits per heavy atom. The monoisotopic (exact) mass is 290 g/mol. The van der Waals surface area contributed by atoms with Gasteiger partial charge in [-0.05, 0) is 25.2 Å². The Balaban J connectivity index is 2.15. The van der Waals surface area contributed by atoms with Crippen molar-refractivity contribution in [2.45, 2.75) is 19.6 Å². The van der Waals surface area contributed by atoms with Crippen LogP contribution in [0.2, 0.25) is 19.6 Å². The molecule has 4 heteroatoms. The van der Waals surface area contributed by atoms with E-state index in [-0.39, 0.29) is 5.82 Å². The predicted molar refractivity (Wildman–Crippen MR) is 86.3 cm³/mol. The van der Waals surface area contributed by atoms with Crippen LogP contribution in [0.5, 0.6) is 0 Å². The summed E-state index contributed by atoms with van der Waals surface area (Å²) < 4.78 is 14.1. The van der Waals surface area contributed by atoms with Gasteiger partial charge in [0.25, 0.3) is 0 Å². The van der Waals surface area contributed by atoms with E-state index in [9.17, 15) is 4.39 Å². The smallest absolute Gasteiger partial charge is 0.140 e. The number of nitrogens with zero attached hydrogens (tertiary/aromatic N) is 2. The van der Waals surface area contributed by atoms with Crippen molar-refractivity contribution < 1.29 is 4.39 Å². The fraction of sp³-hybridized carbons (Fsp3) is 0.500. The first-order valence-electron chi connectivity index (χ1n) is 7.11. The van der Waals surface area contributed by atoms with Crippen molar-refractivity contribution in [3.05, 3.63) is 29.6 Å². The van der Waals surface area contributed by atoms with Gasteiger partial charge < -0.3 is 9.80 Å². The van der Waals surface area contributed by atoms with Crippen LogP contribution >= 0.6 is 0 Å². The highest BCUT2D eigenvalue weighted by molar-refractivity contribution is 6.83. The van der Waals surface area contributed by atoms with Crippen LogP contribution in [0.3, 0.4) is 0 Å². The van der Waals surface area contributed by atoms with Crippen molar-refractivity contribution in [3.63, 3.8) is 0 Å². The van der Waals surface area contributed by atoms with Crippen LogP contribution in [0.1, 0.15) is 5.56 Å². The van der Waals surface area contributed by atoms with Gasteiger partial charge in [-0.1, -0.05) is 25.6 Å². The maximum absolute atomic E-state index is 14.1. The summed E-state index contributed by atoms with van der Waals surface area (Å²) in [6, 6.07) is 5.43. The third-order valence-corrected chi connectivity index (χ3v) is 4.27. The van der Waals surface area contributed by atoms with Gasteiger partial charge in [-0.25, -0.2) is 4.39 Å². The number of rotatable bonds is 1. The highest BCUT2D eigenvalue weighted by atomic mass is 28.3. The molecule has 0 unspecified atom stereocenters. The van der Waals surface area contributed by atoms with Crippen LogP contribution in [0.15, 0.2) is 18.2 Å². The Kier molecular flexibility index (Phi) is 4.51. The second-order valence-electron chi connectivity index (χ2n) is 6.45. The summed E-state index contributed by atoms with van der Waals surface area (Å²) in [4.78, 5) is 4.53. The maximum atomic E-state index is 14.1. The number of likely N-dealkylation sites (N-methyl/N-ethyl adjacent to an activating group) is 1. The van der Waals surface area contributed by atoms with Crippen LogP contribution < -0.4 is 4.90 Å². The number of hydrogen-bond acceptors (Lipinski definition) is 2. The van der Waals surface area contributed by atoms with Crippen molar-refractivity contribution >= 4 is 13.8 Å². The molecule has 0 spiro atoms. The lowest BCUT2D eigenvalue weighted by Crippen LogP contribution is -2.44. The minimum absolute atomic E-state index is 0.202. The first-order chi connectivity index (χ1) is 9.35. The molecule has 20 heavy (non-hydrogen) atoms. The molecule has 1 saturated heterocycles. The number of benzene rings is 1. The van der Waals surface area contributed by atoms with E-state index < -0.39 is 8.07 Å². The summed E-state index contributed by atoms with van der Waals surface area (Å²) in [5, 5.41) is 0. The first kappa shape index (κ1) is 15.1. The molecule has 1 aromatic rings. The fourth-order valence-electron chi connectivity index (χ4n) is 2.12. The van der Waals surface area contributed by atoms with Crippen molar-refractivity contribution in [2.75, 3.05) is 38.1 Å². The molecule has 0 amide bonds. The molecule has 0 radical (unpaired) electrons. The van der Waals surface area contributed by atoms with E-state index in [1.807, 2.05) is 12.1 Å². The molecule has 0 bridgehead atoms. The number of piperazine rings is 1. The molecule has 0 aromatic heterocycles. The molecule has 1 aliphatic heterocycles. The van der Waals surface area contributed by atoms with Gasteiger partial charge in [-0.2, -0.15) is 0 Å². The lowest BCUT2D eigenvalue weighted by Gasteiger charge is -2.34. The topological polar surface area (TPSA) is 6.48 Å². The van der Waals surface area contributed by atoms with Gasteiger partial charge in [0.2, 0.25) is 0 Å². The highest BCUT2D eigenvalue weighted by Gasteiger charge is 2.15. The standard InChI is InChI=1S/C16H23FN2Si/c1-18-8-10-19(11-9-18)15-6-5-14(16(17)13-15)7-12-20(2,3)4/h5-6,13H,8-11H2,1-4H3. The summed E-state index contributed by atoms with van der Waals surface area (Å²) in [6.45, 7) is 10.5. The highest BCUT2D eigenvalue weighted by Crippen LogP contribution is 2.19. The Hall–Kier alpha value is -1.31. The molecule has 0 N–H and O–H groups in total. The van der Waals surface area contributed by atoms with Crippen molar-refractivity contribution in [3.8, 4) is 11.5 Å². The van der Waals surface area contributed by atoms with Gasteiger partial charge in [-0.3, -0.25) is 0 Å². The molecule has 108 valence electrons. The minimum atomic E-state index is -1.46. The number of hydrogen-bond donors (Lipinski definition) is 0. The normalized spacial score (nSPS) is 16.8. The molecular weight excluding hydrogens is 267 g/mol. The molecule has 1 aliphatic rings. The molecule has 2 nitrogen and oxygen atoms in total. The zero-order chi connectivity index (χ0) is 14.8. The van der Waals surface area contributed by atoms with Crippen molar-refractivity contribution in [2.24, 2.45) is 0 Å². The molecule has 0 saturated carbocycles. The summed E-state index contributed by atoms with van der Waals surface area (Å²) in [6.07, 6.45) is 0. The number of anilines is 1. The summed E-state index contributed by atoms with van der Waals surface area (Å²) in [5.41, 5.74) is 4.70. The zero-order valence-corrected chi connectivity index (χ0v) is 13.8. The van der Waals surface area contributed by atoms with E-state index in [0.29, 0.717) is 5.56 Å². The Bertz CT molecular complexity index is 532. The third kappa shape index (κ3) is 4.09. The quantitative estimate of drug-likeness (QED) is 0.580. The van der Waals surface area contributed by atoms with Gasteiger partial charge in [0.1, 0.15) is 13.9 Å². The largest absolute Gasteiger partial charge is 0.369 e. The van der Waals surface area contributed by atoms with Crippen LogP contribution in [-0.2, 0) is 0 Å². The number of halogens is 1. The molecule has 0 atom stereocenters. The second kappa shape index (κ2) is 5.98. The van der Waals surface area contributed by atoms with Crippen molar-refractivity contribution in [1.82, 2.24) is 4.90 Å². The van der Waals surface area contributed by atoms with Crippen LogP contribution in [0, 0.1) is 17.3 Å². The molecule has 1 fully saturated rings. The third-order valence-electron chi connectivity index (χ3n) is 3.39. The Labute approximate surface area is 122 Å². The average Bonchev–Trinajstić information content (AvgIpc) is 2.37. The first-order valence-corrected chi connectivity index (χ1v) is 10.6. The van der Waals surface area contributed by atoms with Gasteiger partial charge >= 0.3 is 0 Å². The second-order valence-corrected chi connectivity index (χ2v) is 11.2. The fourth-order valence-corrected chi connectivity index (χ4v) is 2.63. The van der Waals surface area contributed by atoms with E-state index in [0.717, 1.165) is 31.9 Å². The van der Waals surface area contributed by atoms with Gasteiger partial charge in [0.05, 0.1) is 5.56 Å². The van der Waals surface area contributed by atoms with E-state index in [4.69, 9.17) is 0 Å². The van der Waals surface area contributed by atoms with Crippen molar-refractivity contribution in [1.29, 1.82) is 0 Å². The minimum Gasteiger partial charge on any atom is -0.369 e. The average molecular weight is 290 g/mol. The van der Waals surface area contributed by atoms with Gasteiger partial charge in [0, 0.05) is 31.9 Å². The van der Waals surface area contributed by atoms with Crippen LogP contribution in [0.25, 0.3) is 0 Å². The molecular formula is C16H23FN2Si. The van der Waals surface area contributed by atoms with E-state index in [1.165, 1.54) is 0 Å². The lowest BCUT2D eigenvalue weighted by molar-refractivity contribution is 0.313. The Morgan fingerprint density at radius 1 is 1.10 bits per heavy atom. The summed E-state index contributed by atoms with van der Waals surface area (Å²) >= 11 is 0. The van der Waals surface area contributed by atoms with E-state index in [2.05, 4.69) is 48.0 Å². The van der Waals surface area contributed by atoms with Crippen LogP contribution in [0.4, 0.5) is 10.1 Å². The van der Waals surface area contributed by atoms with E-state index in [1.54, 1.807) is 6.07 Å². The molecule has 1 aromatic carbocycles.